The number of aromatic nitrogens is 2. The Labute approximate surface area is 166 Å². The van der Waals surface area contributed by atoms with E-state index in [1.54, 1.807) is 24.8 Å². The summed E-state index contributed by atoms with van der Waals surface area (Å²) in [4.78, 5) is 25.4. The van der Waals surface area contributed by atoms with Gasteiger partial charge in [0.05, 0.1) is 12.7 Å². The van der Waals surface area contributed by atoms with Gasteiger partial charge in [0.15, 0.2) is 0 Å². The number of hydrogen-bond acceptors (Lipinski definition) is 5. The molecule has 1 fully saturated rings. The van der Waals surface area contributed by atoms with E-state index in [4.69, 9.17) is 4.74 Å². The maximum absolute atomic E-state index is 13.0. The molecule has 0 bridgehead atoms. The number of piperidine rings is 1. The van der Waals surface area contributed by atoms with Crippen LogP contribution in [0.15, 0.2) is 49.1 Å². The van der Waals surface area contributed by atoms with Gasteiger partial charge in [-0.25, -0.2) is 4.79 Å². The monoisotopic (exact) mass is 383 g/mol. The Morgan fingerprint density at radius 2 is 2.00 bits per heavy atom. The fourth-order valence-electron chi connectivity index (χ4n) is 3.38. The number of nitrogens with zero attached hydrogens (tertiary/aromatic N) is 4. The predicted molar refractivity (Wildman–Crippen MR) is 108 cm³/mol. The summed E-state index contributed by atoms with van der Waals surface area (Å²) >= 11 is 0. The second-order valence-corrected chi connectivity index (χ2v) is 7.32. The SMILES string of the molecule is CC(CNC(=O)N(Cc1ccncc1)C1CCN(C)CC1)Oc1cccnc1. The molecular formula is C21H29N5O2. The van der Waals surface area contributed by atoms with Gasteiger partial charge in [0, 0.05) is 31.2 Å². The van der Waals surface area contributed by atoms with Crippen molar-refractivity contribution >= 4 is 6.03 Å². The number of urea groups is 1. The highest BCUT2D eigenvalue weighted by Crippen LogP contribution is 2.18. The minimum atomic E-state index is -0.145. The van der Waals surface area contributed by atoms with E-state index in [1.807, 2.05) is 36.1 Å². The van der Waals surface area contributed by atoms with E-state index in [-0.39, 0.29) is 18.2 Å². The number of pyridine rings is 2. The van der Waals surface area contributed by atoms with Crippen LogP contribution < -0.4 is 10.1 Å². The van der Waals surface area contributed by atoms with Crippen LogP contribution in [-0.4, -0.2) is 64.6 Å². The molecule has 1 aliphatic heterocycles. The second-order valence-electron chi connectivity index (χ2n) is 7.32. The predicted octanol–water partition coefficient (Wildman–Crippen LogP) is 2.55. The minimum absolute atomic E-state index is 0.0481. The number of nitrogens with one attached hydrogen (secondary N) is 1. The van der Waals surface area contributed by atoms with Crippen LogP contribution in [-0.2, 0) is 6.54 Å². The molecule has 150 valence electrons. The van der Waals surface area contributed by atoms with Crippen molar-refractivity contribution in [2.45, 2.75) is 38.5 Å². The highest BCUT2D eigenvalue weighted by Gasteiger charge is 2.27. The van der Waals surface area contributed by atoms with Gasteiger partial charge in [-0.3, -0.25) is 9.97 Å². The zero-order valence-corrected chi connectivity index (χ0v) is 16.6. The number of ether oxygens (including phenoxy) is 1. The lowest BCUT2D eigenvalue weighted by atomic mass is 10.0. The van der Waals surface area contributed by atoms with Crippen LogP contribution in [0, 0.1) is 0 Å². The van der Waals surface area contributed by atoms with Crippen LogP contribution in [0.4, 0.5) is 4.79 Å². The first-order valence-corrected chi connectivity index (χ1v) is 9.80. The van der Waals surface area contributed by atoms with Crippen molar-refractivity contribution in [1.82, 2.24) is 25.1 Å². The second kappa shape index (κ2) is 10.0. The lowest BCUT2D eigenvalue weighted by molar-refractivity contribution is 0.123. The average Bonchev–Trinajstić information content (AvgIpc) is 2.72. The van der Waals surface area contributed by atoms with E-state index in [2.05, 4.69) is 27.2 Å². The largest absolute Gasteiger partial charge is 0.487 e. The Morgan fingerprint density at radius 3 is 2.68 bits per heavy atom. The van der Waals surface area contributed by atoms with Crippen molar-refractivity contribution in [3.05, 3.63) is 54.6 Å². The maximum atomic E-state index is 13.0. The molecule has 2 amide bonds. The molecule has 3 heterocycles. The highest BCUT2D eigenvalue weighted by molar-refractivity contribution is 5.74. The van der Waals surface area contributed by atoms with Crippen molar-refractivity contribution in [3.8, 4) is 5.75 Å². The number of likely N-dealkylation sites (tertiary alicyclic amines) is 1. The van der Waals surface area contributed by atoms with Crippen LogP contribution in [0.25, 0.3) is 0 Å². The number of carbonyl (C=O) groups is 1. The van der Waals surface area contributed by atoms with Gasteiger partial charge in [0.25, 0.3) is 0 Å². The van der Waals surface area contributed by atoms with Gasteiger partial charge in [-0.05, 0) is 69.7 Å². The molecule has 0 radical (unpaired) electrons. The van der Waals surface area contributed by atoms with Crippen LogP contribution in [0.1, 0.15) is 25.3 Å². The molecule has 1 unspecified atom stereocenters. The summed E-state index contributed by atoms with van der Waals surface area (Å²) in [5, 5.41) is 3.04. The number of carbonyl (C=O) groups excluding carboxylic acids is 1. The summed E-state index contributed by atoms with van der Waals surface area (Å²) in [6, 6.07) is 7.80. The molecule has 1 N–H and O–H groups in total. The molecule has 1 saturated heterocycles. The van der Waals surface area contributed by atoms with Crippen LogP contribution >= 0.6 is 0 Å². The smallest absolute Gasteiger partial charge is 0.318 e. The van der Waals surface area contributed by atoms with E-state index >= 15 is 0 Å². The van der Waals surface area contributed by atoms with Gasteiger partial charge in [-0.2, -0.15) is 0 Å². The Balaban J connectivity index is 1.59. The Bertz CT molecular complexity index is 720. The summed E-state index contributed by atoms with van der Waals surface area (Å²) < 4.78 is 5.81. The van der Waals surface area contributed by atoms with Gasteiger partial charge >= 0.3 is 6.03 Å². The van der Waals surface area contributed by atoms with Crippen molar-refractivity contribution in [2.24, 2.45) is 0 Å². The minimum Gasteiger partial charge on any atom is -0.487 e. The third-order valence-corrected chi connectivity index (χ3v) is 5.00. The van der Waals surface area contributed by atoms with E-state index in [9.17, 15) is 4.79 Å². The third kappa shape index (κ3) is 5.92. The molecule has 1 atom stereocenters. The highest BCUT2D eigenvalue weighted by atomic mass is 16.5. The number of amides is 2. The molecule has 0 spiro atoms. The van der Waals surface area contributed by atoms with E-state index in [1.165, 1.54) is 0 Å². The van der Waals surface area contributed by atoms with Gasteiger partial charge in [0.1, 0.15) is 11.9 Å². The molecule has 3 rings (SSSR count). The molecule has 2 aromatic rings. The number of hydrogen-bond donors (Lipinski definition) is 1. The van der Waals surface area contributed by atoms with Gasteiger partial charge in [0.2, 0.25) is 0 Å². The van der Waals surface area contributed by atoms with E-state index in [0.717, 1.165) is 31.5 Å². The quantitative estimate of drug-likeness (QED) is 0.796. The normalized spacial score (nSPS) is 16.4. The van der Waals surface area contributed by atoms with Crippen molar-refractivity contribution in [2.75, 3.05) is 26.7 Å². The molecule has 7 heteroatoms. The molecule has 0 aliphatic carbocycles. The van der Waals surface area contributed by atoms with Crippen molar-refractivity contribution in [1.29, 1.82) is 0 Å². The summed E-state index contributed by atoms with van der Waals surface area (Å²) in [7, 11) is 2.13. The molecule has 0 aromatic carbocycles. The van der Waals surface area contributed by atoms with Crippen LogP contribution in [0.3, 0.4) is 0 Å². The Kier molecular flexibility index (Phi) is 7.19. The molecule has 28 heavy (non-hydrogen) atoms. The molecular weight excluding hydrogens is 354 g/mol. The van der Waals surface area contributed by atoms with E-state index in [0.29, 0.717) is 18.8 Å². The summed E-state index contributed by atoms with van der Waals surface area (Å²) in [5.41, 5.74) is 1.09. The van der Waals surface area contributed by atoms with Crippen LogP contribution in [0.2, 0.25) is 0 Å². The lowest BCUT2D eigenvalue weighted by Crippen LogP contribution is -2.51. The van der Waals surface area contributed by atoms with Crippen molar-refractivity contribution < 1.29 is 9.53 Å². The Morgan fingerprint density at radius 1 is 1.25 bits per heavy atom. The van der Waals surface area contributed by atoms with Gasteiger partial charge in [-0.1, -0.05) is 0 Å². The summed E-state index contributed by atoms with van der Waals surface area (Å²) in [5.74, 6) is 0.702. The molecule has 7 nitrogen and oxygen atoms in total. The van der Waals surface area contributed by atoms with Gasteiger partial charge < -0.3 is 19.9 Å². The third-order valence-electron chi connectivity index (χ3n) is 5.00. The topological polar surface area (TPSA) is 70.6 Å². The standard InChI is InChI=1S/C21H29N5O2/c1-17(28-20-4-3-9-23-15-20)14-24-21(27)26(16-18-5-10-22-11-6-18)19-7-12-25(2)13-8-19/h3-6,9-11,15,17,19H,7-8,12-14,16H2,1-2H3,(H,24,27). The number of rotatable bonds is 7. The molecule has 0 saturated carbocycles. The fourth-order valence-corrected chi connectivity index (χ4v) is 3.38. The average molecular weight is 383 g/mol. The molecule has 2 aromatic heterocycles. The summed E-state index contributed by atoms with van der Waals surface area (Å²) in [6.07, 6.45) is 8.74. The fraction of sp³-hybridized carbons (Fsp3) is 0.476. The van der Waals surface area contributed by atoms with Crippen molar-refractivity contribution in [3.63, 3.8) is 0 Å². The van der Waals surface area contributed by atoms with Crippen LogP contribution in [0.5, 0.6) is 5.75 Å². The maximum Gasteiger partial charge on any atom is 0.318 e. The van der Waals surface area contributed by atoms with E-state index < -0.39 is 0 Å². The Hall–Kier alpha value is -2.67. The first kappa shape index (κ1) is 20.1. The zero-order valence-electron chi connectivity index (χ0n) is 16.6. The van der Waals surface area contributed by atoms with Gasteiger partial charge in [-0.15, -0.1) is 0 Å². The molecule has 1 aliphatic rings. The lowest BCUT2D eigenvalue weighted by Gasteiger charge is -2.37. The summed E-state index contributed by atoms with van der Waals surface area (Å²) in [6.45, 7) is 4.97. The first-order valence-electron chi connectivity index (χ1n) is 9.80. The first-order chi connectivity index (χ1) is 13.6. The zero-order chi connectivity index (χ0) is 19.8.